The van der Waals surface area contributed by atoms with Crippen molar-refractivity contribution in [2.24, 2.45) is 21.0 Å². The van der Waals surface area contributed by atoms with Crippen LogP contribution in [0.1, 0.15) is 65.2 Å². The van der Waals surface area contributed by atoms with Gasteiger partial charge in [0.15, 0.2) is 6.04 Å². The first kappa shape index (κ1) is 28.6. The Morgan fingerprint density at radius 2 is 2.00 bits per heavy atom. The lowest BCUT2D eigenvalue weighted by molar-refractivity contribution is -0.870. The fourth-order valence-electron chi connectivity index (χ4n) is 5.26. The normalized spacial score (nSPS) is 28.2. The first-order chi connectivity index (χ1) is 17.3. The molecule has 1 aliphatic carbocycles. The van der Waals surface area contributed by atoms with Gasteiger partial charge in [-0.3, -0.25) is 0 Å². The second-order valence-corrected chi connectivity index (χ2v) is 11.0. The Morgan fingerprint density at radius 1 is 1.31 bits per heavy atom. The maximum atomic E-state index is 13.7. The van der Waals surface area contributed by atoms with Gasteiger partial charge in [0.05, 0.1) is 30.4 Å². The van der Waals surface area contributed by atoms with Gasteiger partial charge in [-0.05, 0) is 45.7 Å². The predicted molar refractivity (Wildman–Crippen MR) is 149 cm³/mol. The van der Waals surface area contributed by atoms with E-state index in [9.17, 15) is 4.39 Å². The Bertz CT molecular complexity index is 886. The number of likely N-dealkylation sites (N-methyl/N-ethyl adjacent to an activating group) is 2. The molecule has 3 rings (SSSR count). The third-order valence-corrected chi connectivity index (χ3v) is 7.89. The number of nitrogens with one attached hydrogen (secondary N) is 3. The molecule has 8 nitrogen and oxygen atoms in total. The summed E-state index contributed by atoms with van der Waals surface area (Å²) >= 11 is 5.69. The van der Waals surface area contributed by atoms with E-state index in [2.05, 4.69) is 47.1 Å². The molecule has 2 aliphatic heterocycles. The minimum atomic E-state index is -0.452. The fourth-order valence-corrected chi connectivity index (χ4v) is 5.32. The molecule has 0 aromatic rings. The molecule has 0 aromatic carbocycles. The van der Waals surface area contributed by atoms with Crippen LogP contribution in [-0.2, 0) is 0 Å². The average molecular weight is 524 g/mol. The highest BCUT2D eigenvalue weighted by molar-refractivity contribution is 6.29. The number of allylic oxidation sites excluding steroid dienone is 3. The summed E-state index contributed by atoms with van der Waals surface area (Å²) in [5, 5.41) is 8.18. The van der Waals surface area contributed by atoms with Gasteiger partial charge in [0, 0.05) is 26.6 Å². The summed E-state index contributed by atoms with van der Waals surface area (Å²) in [6, 6.07) is 0.484. The number of halogens is 2. The topological polar surface area (TPSA) is 76.4 Å². The van der Waals surface area contributed by atoms with Gasteiger partial charge in [0.2, 0.25) is 0 Å². The molecule has 0 bridgehead atoms. The Hall–Kier alpha value is -1.97. The van der Waals surface area contributed by atoms with Crippen LogP contribution in [0.4, 0.5) is 4.39 Å². The van der Waals surface area contributed by atoms with Gasteiger partial charge < -0.3 is 15.6 Å². The first-order valence-corrected chi connectivity index (χ1v) is 13.8. The highest BCUT2D eigenvalue weighted by Gasteiger charge is 2.48. The van der Waals surface area contributed by atoms with E-state index in [-0.39, 0.29) is 11.1 Å². The smallest absolute Gasteiger partial charge is 0.318 e. The molecule has 2 heterocycles. The van der Waals surface area contributed by atoms with E-state index >= 15 is 0 Å². The van der Waals surface area contributed by atoms with Gasteiger partial charge in [-0.25, -0.2) is 9.38 Å². The van der Waals surface area contributed by atoms with Crippen molar-refractivity contribution < 1.29 is 8.98 Å². The minimum Gasteiger partial charge on any atom is -0.318 e. The third-order valence-electron chi connectivity index (χ3n) is 7.71. The van der Waals surface area contributed by atoms with Gasteiger partial charge in [0.25, 0.3) is 5.96 Å². The molecule has 3 aliphatic rings. The fraction of sp³-hybridized carbons (Fsp3) is 0.731. The van der Waals surface area contributed by atoms with Gasteiger partial charge >= 0.3 is 5.96 Å². The molecule has 36 heavy (non-hydrogen) atoms. The number of hydrogen-bond donors (Lipinski definition) is 3. The van der Waals surface area contributed by atoms with Crippen molar-refractivity contribution in [1.82, 2.24) is 21.1 Å². The van der Waals surface area contributed by atoms with Crippen molar-refractivity contribution in [3.63, 3.8) is 0 Å². The molecule has 0 amide bonds. The summed E-state index contributed by atoms with van der Waals surface area (Å²) in [6.45, 7) is 5.69. The molecule has 1 fully saturated rings. The zero-order valence-corrected chi connectivity index (χ0v) is 23.4. The molecule has 0 aromatic heterocycles. The van der Waals surface area contributed by atoms with E-state index in [0.29, 0.717) is 29.1 Å². The number of hydrogen-bond acceptors (Lipinski definition) is 5. The highest BCUT2D eigenvalue weighted by Crippen LogP contribution is 2.30. The first-order valence-electron chi connectivity index (χ1n) is 13.4. The summed E-state index contributed by atoms with van der Waals surface area (Å²) in [5.41, 5.74) is 8.18. The lowest BCUT2D eigenvalue weighted by Crippen LogP contribution is -2.66. The number of rotatable bonds is 9. The van der Waals surface area contributed by atoms with E-state index in [1.807, 2.05) is 7.05 Å². The van der Waals surface area contributed by atoms with Crippen molar-refractivity contribution >= 4 is 29.2 Å². The summed E-state index contributed by atoms with van der Waals surface area (Å²) in [7, 11) is 6.13. The molecular formula is C26H45ClFN8+. The number of aliphatic imine (C=N–C) groups is 2. The molecular weight excluding hydrogens is 479 g/mol. The number of guanidine groups is 2. The van der Waals surface area contributed by atoms with Crippen LogP contribution in [-0.4, -0.2) is 80.0 Å². The predicted octanol–water partition coefficient (Wildman–Crippen LogP) is 4.28. The number of hydrazone groups is 1. The average Bonchev–Trinajstić information content (AvgIpc) is 3.45. The van der Waals surface area contributed by atoms with Crippen molar-refractivity contribution in [1.29, 1.82) is 0 Å². The second-order valence-electron chi connectivity index (χ2n) is 10.4. The SMILES string of the molecule is CNCCN(C)C1=NC(=NC/C=C\C(F)=C(/C)Cl)N[N+]1(C)C(C)C1=NNC(C2CCCCCCC2)C1. The molecule has 3 N–H and O–H groups in total. The van der Waals surface area contributed by atoms with Crippen LogP contribution in [0.5, 0.6) is 0 Å². The minimum absolute atomic E-state index is 0.0642. The van der Waals surface area contributed by atoms with Crippen LogP contribution < -0.4 is 16.2 Å². The Morgan fingerprint density at radius 3 is 2.67 bits per heavy atom. The standard InChI is InChI=1S/C26H45ClFN8/c1-19(27)22(28)14-11-15-30-25-31-26(35(4)17-16-29-3)36(5,34-25)20(2)23-18-24(33-32-23)21-12-9-7-6-8-10-13-21/h11,14,20-21,24,29,33H,6-10,12-13,15-18H2,1-5H3,(H,30,34)/q+1/b14-11-,22-19-. The Kier molecular flexibility index (Phi) is 10.8. The lowest BCUT2D eigenvalue weighted by Gasteiger charge is -2.37. The van der Waals surface area contributed by atoms with Gasteiger partial charge in [-0.1, -0.05) is 49.8 Å². The molecule has 10 heteroatoms. The summed E-state index contributed by atoms with van der Waals surface area (Å²) < 4.78 is 14.0. The maximum absolute atomic E-state index is 13.7. The number of nitrogens with zero attached hydrogens (tertiary/aromatic N) is 5. The zero-order chi connectivity index (χ0) is 26.1. The van der Waals surface area contributed by atoms with E-state index in [1.54, 1.807) is 6.08 Å². The molecule has 0 spiro atoms. The molecule has 0 saturated heterocycles. The summed E-state index contributed by atoms with van der Waals surface area (Å²) in [5.74, 6) is 1.67. The van der Waals surface area contributed by atoms with Gasteiger partial charge in [-0.15, -0.1) is 4.99 Å². The van der Waals surface area contributed by atoms with Crippen LogP contribution in [0.2, 0.25) is 0 Å². The Balaban J connectivity index is 1.73. The second kappa shape index (κ2) is 13.5. The van der Waals surface area contributed by atoms with Crippen LogP contribution in [0, 0.1) is 5.92 Å². The zero-order valence-electron chi connectivity index (χ0n) is 22.7. The van der Waals surface area contributed by atoms with Crippen LogP contribution in [0.15, 0.2) is 38.1 Å². The summed E-state index contributed by atoms with van der Waals surface area (Å²) in [4.78, 5) is 11.6. The molecule has 0 radical (unpaired) electrons. The van der Waals surface area contributed by atoms with E-state index < -0.39 is 5.83 Å². The van der Waals surface area contributed by atoms with E-state index in [4.69, 9.17) is 21.7 Å². The molecule has 3 atom stereocenters. The monoisotopic (exact) mass is 523 g/mol. The van der Waals surface area contributed by atoms with Crippen molar-refractivity contribution in [3.05, 3.63) is 23.0 Å². The highest BCUT2D eigenvalue weighted by atomic mass is 35.5. The third kappa shape index (κ3) is 7.29. The maximum Gasteiger partial charge on any atom is 0.333 e. The Labute approximate surface area is 221 Å². The van der Waals surface area contributed by atoms with Gasteiger partial charge in [-0.2, -0.15) is 15.1 Å². The number of quaternary nitrogens is 1. The lowest BCUT2D eigenvalue weighted by atomic mass is 9.84. The van der Waals surface area contributed by atoms with Crippen LogP contribution >= 0.6 is 11.6 Å². The molecule has 202 valence electrons. The summed E-state index contributed by atoms with van der Waals surface area (Å²) in [6.07, 6.45) is 13.3. The van der Waals surface area contributed by atoms with Gasteiger partial charge in [0.1, 0.15) is 5.83 Å². The van der Waals surface area contributed by atoms with Crippen LogP contribution in [0.25, 0.3) is 0 Å². The van der Waals surface area contributed by atoms with E-state index in [0.717, 1.165) is 31.2 Å². The van der Waals surface area contributed by atoms with E-state index in [1.165, 1.54) is 57.9 Å². The van der Waals surface area contributed by atoms with Crippen molar-refractivity contribution in [2.45, 2.75) is 77.3 Å². The van der Waals surface area contributed by atoms with Crippen molar-refractivity contribution in [2.75, 3.05) is 40.8 Å². The quantitative estimate of drug-likeness (QED) is 0.311. The largest absolute Gasteiger partial charge is 0.333 e. The van der Waals surface area contributed by atoms with Crippen LogP contribution in [0.3, 0.4) is 0 Å². The van der Waals surface area contributed by atoms with Crippen molar-refractivity contribution in [3.8, 4) is 0 Å². The molecule has 3 unspecified atom stereocenters. The molecule has 1 saturated carbocycles.